The fourth-order valence-corrected chi connectivity index (χ4v) is 2.21. The molecule has 2 N–H and O–H groups in total. The van der Waals surface area contributed by atoms with E-state index in [1.165, 1.54) is 0 Å². The van der Waals surface area contributed by atoms with Crippen LogP contribution in [0, 0.1) is 6.92 Å². The van der Waals surface area contributed by atoms with Crippen LogP contribution in [-0.2, 0) is 6.61 Å². The quantitative estimate of drug-likeness (QED) is 0.888. The molecule has 0 aliphatic heterocycles. The molecule has 0 bridgehead atoms. The number of aliphatic hydroxyl groups excluding tert-OH is 1. The van der Waals surface area contributed by atoms with E-state index in [0.29, 0.717) is 11.7 Å². The highest BCUT2D eigenvalue weighted by Gasteiger charge is 2.13. The topological polar surface area (TPSA) is 58.1 Å². The Morgan fingerprint density at radius 2 is 2.11 bits per heavy atom. The van der Waals surface area contributed by atoms with Gasteiger partial charge < -0.3 is 14.8 Å². The van der Waals surface area contributed by atoms with Crippen molar-refractivity contribution in [2.75, 3.05) is 7.11 Å². The number of nitrogens with zero attached hydrogens (tertiary/aromatic N) is 1. The van der Waals surface area contributed by atoms with Gasteiger partial charge in [-0.3, -0.25) is 0 Å². The van der Waals surface area contributed by atoms with Crippen LogP contribution in [0.5, 0.6) is 5.75 Å². The molecule has 4 heteroatoms. The molecule has 0 unspecified atom stereocenters. The van der Waals surface area contributed by atoms with Crippen molar-refractivity contribution in [3.05, 3.63) is 35.3 Å². The van der Waals surface area contributed by atoms with Gasteiger partial charge in [0.25, 0.3) is 0 Å². The summed E-state index contributed by atoms with van der Waals surface area (Å²) < 4.78 is 5.39. The standard InChI is InChI=1S/C15H20N2O2/c1-9(2)12-7-11(5-6-13(12)19-4)15-10(3)16-14(8-18)17-15/h5-7,9,18H,8H2,1-4H3,(H,16,17). The van der Waals surface area contributed by atoms with E-state index in [-0.39, 0.29) is 6.61 Å². The predicted octanol–water partition coefficient (Wildman–Crippen LogP) is 3.01. The molecule has 1 aromatic heterocycles. The van der Waals surface area contributed by atoms with E-state index in [1.807, 2.05) is 19.1 Å². The number of aromatic amines is 1. The molecule has 2 aromatic rings. The summed E-state index contributed by atoms with van der Waals surface area (Å²) in [4.78, 5) is 7.49. The maximum absolute atomic E-state index is 9.13. The van der Waals surface area contributed by atoms with Gasteiger partial charge in [-0.15, -0.1) is 0 Å². The number of benzene rings is 1. The number of aromatic nitrogens is 2. The molecule has 19 heavy (non-hydrogen) atoms. The summed E-state index contributed by atoms with van der Waals surface area (Å²) in [5.41, 5.74) is 4.04. The van der Waals surface area contributed by atoms with Crippen LogP contribution >= 0.6 is 0 Å². The lowest BCUT2D eigenvalue weighted by Crippen LogP contribution is -1.95. The van der Waals surface area contributed by atoms with E-state index < -0.39 is 0 Å². The second kappa shape index (κ2) is 5.45. The average Bonchev–Trinajstić information content (AvgIpc) is 2.79. The van der Waals surface area contributed by atoms with Crippen molar-refractivity contribution < 1.29 is 9.84 Å². The number of rotatable bonds is 4. The maximum atomic E-state index is 9.13. The van der Waals surface area contributed by atoms with Crippen molar-refractivity contribution in [1.29, 1.82) is 0 Å². The molecule has 2 rings (SSSR count). The first-order chi connectivity index (χ1) is 9.06. The lowest BCUT2D eigenvalue weighted by Gasteiger charge is -2.13. The molecular formula is C15H20N2O2. The van der Waals surface area contributed by atoms with Gasteiger partial charge >= 0.3 is 0 Å². The van der Waals surface area contributed by atoms with Gasteiger partial charge in [-0.2, -0.15) is 0 Å². The van der Waals surface area contributed by atoms with Gasteiger partial charge in [0.05, 0.1) is 12.8 Å². The Balaban J connectivity index is 2.50. The lowest BCUT2D eigenvalue weighted by molar-refractivity contribution is 0.272. The zero-order chi connectivity index (χ0) is 14.0. The van der Waals surface area contributed by atoms with Gasteiger partial charge in [0.1, 0.15) is 18.2 Å². The van der Waals surface area contributed by atoms with Crippen molar-refractivity contribution in [3.8, 4) is 17.0 Å². The minimum atomic E-state index is -0.0754. The molecule has 0 radical (unpaired) electrons. The van der Waals surface area contributed by atoms with E-state index in [4.69, 9.17) is 9.84 Å². The Bertz CT molecular complexity index is 574. The zero-order valence-electron chi connectivity index (χ0n) is 11.8. The number of imidazole rings is 1. The second-order valence-corrected chi connectivity index (χ2v) is 4.93. The Hall–Kier alpha value is -1.81. The molecule has 0 fully saturated rings. The van der Waals surface area contributed by atoms with Crippen molar-refractivity contribution in [2.45, 2.75) is 33.3 Å². The molecule has 0 saturated carbocycles. The molecule has 0 atom stereocenters. The summed E-state index contributed by atoms with van der Waals surface area (Å²) in [7, 11) is 1.69. The van der Waals surface area contributed by atoms with Gasteiger partial charge in [-0.05, 0) is 36.6 Å². The van der Waals surface area contributed by atoms with Crippen molar-refractivity contribution in [1.82, 2.24) is 9.97 Å². The number of aliphatic hydroxyl groups is 1. The zero-order valence-corrected chi connectivity index (χ0v) is 11.8. The molecule has 1 heterocycles. The van der Waals surface area contributed by atoms with Gasteiger partial charge in [-0.1, -0.05) is 13.8 Å². The summed E-state index contributed by atoms with van der Waals surface area (Å²) in [6, 6.07) is 6.07. The van der Waals surface area contributed by atoms with E-state index in [2.05, 4.69) is 29.9 Å². The smallest absolute Gasteiger partial charge is 0.132 e. The van der Waals surface area contributed by atoms with Crippen LogP contribution in [0.4, 0.5) is 0 Å². The minimum absolute atomic E-state index is 0.0754. The molecular weight excluding hydrogens is 240 g/mol. The summed E-state index contributed by atoms with van der Waals surface area (Å²) in [5.74, 6) is 1.87. The number of hydrogen-bond acceptors (Lipinski definition) is 3. The average molecular weight is 260 g/mol. The number of aryl methyl sites for hydroxylation is 1. The van der Waals surface area contributed by atoms with Crippen LogP contribution in [0.15, 0.2) is 18.2 Å². The summed E-state index contributed by atoms with van der Waals surface area (Å²) in [6.07, 6.45) is 0. The fraction of sp³-hybridized carbons (Fsp3) is 0.400. The number of hydrogen-bond donors (Lipinski definition) is 2. The van der Waals surface area contributed by atoms with Gasteiger partial charge in [-0.25, -0.2) is 4.98 Å². The first-order valence-electron chi connectivity index (χ1n) is 6.41. The van der Waals surface area contributed by atoms with Crippen molar-refractivity contribution in [2.24, 2.45) is 0 Å². The Morgan fingerprint density at radius 3 is 2.63 bits per heavy atom. The number of nitrogens with one attached hydrogen (secondary N) is 1. The molecule has 0 saturated heterocycles. The lowest BCUT2D eigenvalue weighted by atomic mass is 9.98. The highest BCUT2D eigenvalue weighted by molar-refractivity contribution is 5.64. The number of ether oxygens (including phenoxy) is 1. The third-order valence-electron chi connectivity index (χ3n) is 3.21. The first kappa shape index (κ1) is 13.6. The second-order valence-electron chi connectivity index (χ2n) is 4.93. The van der Waals surface area contributed by atoms with E-state index in [1.54, 1.807) is 7.11 Å². The fourth-order valence-electron chi connectivity index (χ4n) is 2.21. The minimum Gasteiger partial charge on any atom is -0.496 e. The van der Waals surface area contributed by atoms with Crippen LogP contribution in [0.1, 0.15) is 36.8 Å². The van der Waals surface area contributed by atoms with Gasteiger partial charge in [0, 0.05) is 11.3 Å². The Morgan fingerprint density at radius 1 is 1.37 bits per heavy atom. The first-order valence-corrected chi connectivity index (χ1v) is 6.41. The molecule has 1 aromatic carbocycles. The highest BCUT2D eigenvalue weighted by atomic mass is 16.5. The Kier molecular flexibility index (Phi) is 3.90. The van der Waals surface area contributed by atoms with Crippen LogP contribution < -0.4 is 4.74 Å². The monoisotopic (exact) mass is 260 g/mol. The molecule has 0 aliphatic carbocycles. The van der Waals surface area contributed by atoms with E-state index in [9.17, 15) is 0 Å². The van der Waals surface area contributed by atoms with Crippen LogP contribution in [0.25, 0.3) is 11.3 Å². The number of H-pyrrole nitrogens is 1. The van der Waals surface area contributed by atoms with Crippen LogP contribution in [-0.4, -0.2) is 22.2 Å². The van der Waals surface area contributed by atoms with E-state index >= 15 is 0 Å². The molecule has 102 valence electrons. The van der Waals surface area contributed by atoms with E-state index in [0.717, 1.165) is 28.3 Å². The summed E-state index contributed by atoms with van der Waals surface area (Å²) in [6.45, 7) is 6.16. The molecule has 0 amide bonds. The van der Waals surface area contributed by atoms with Crippen molar-refractivity contribution >= 4 is 0 Å². The molecule has 4 nitrogen and oxygen atoms in total. The highest BCUT2D eigenvalue weighted by Crippen LogP contribution is 2.31. The van der Waals surface area contributed by atoms with Crippen LogP contribution in [0.3, 0.4) is 0 Å². The third kappa shape index (κ3) is 2.63. The molecule has 0 spiro atoms. The van der Waals surface area contributed by atoms with Crippen LogP contribution in [0.2, 0.25) is 0 Å². The predicted molar refractivity (Wildman–Crippen MR) is 75.3 cm³/mol. The normalized spacial score (nSPS) is 11.1. The van der Waals surface area contributed by atoms with Crippen molar-refractivity contribution in [3.63, 3.8) is 0 Å². The number of methoxy groups -OCH3 is 1. The summed E-state index contributed by atoms with van der Waals surface area (Å²) >= 11 is 0. The third-order valence-corrected chi connectivity index (χ3v) is 3.21. The SMILES string of the molecule is COc1ccc(-c2nc(CO)[nH]c2C)cc1C(C)C. The maximum Gasteiger partial charge on any atom is 0.132 e. The largest absolute Gasteiger partial charge is 0.496 e. The molecule has 0 aliphatic rings. The van der Waals surface area contributed by atoms with Gasteiger partial charge in [0.2, 0.25) is 0 Å². The Labute approximate surface area is 113 Å². The summed E-state index contributed by atoms with van der Waals surface area (Å²) in [5, 5.41) is 9.13. The van der Waals surface area contributed by atoms with Gasteiger partial charge in [0.15, 0.2) is 0 Å².